The van der Waals surface area contributed by atoms with Crippen LogP contribution in [0.25, 0.3) is 0 Å². The fourth-order valence-electron chi connectivity index (χ4n) is 1.46. The van der Waals surface area contributed by atoms with Crippen molar-refractivity contribution in [2.24, 2.45) is 7.05 Å². The average molecular weight is 327 g/mol. The summed E-state index contributed by atoms with van der Waals surface area (Å²) < 4.78 is 2.34. The number of benzene rings is 1. The molecule has 1 aromatic carbocycles. The summed E-state index contributed by atoms with van der Waals surface area (Å²) in [6, 6.07) is 7.26. The highest BCUT2D eigenvalue weighted by atomic mass is 79.9. The molecule has 0 bridgehead atoms. The Hall–Kier alpha value is -1.27. The molecule has 0 radical (unpaired) electrons. The van der Waals surface area contributed by atoms with E-state index < -0.39 is 5.97 Å². The minimum atomic E-state index is -0.929. The third kappa shape index (κ3) is 3.14. The molecule has 2 rings (SSSR count). The van der Waals surface area contributed by atoms with Crippen LogP contribution in [-0.2, 0) is 12.8 Å². The van der Waals surface area contributed by atoms with Crippen molar-refractivity contribution in [1.29, 1.82) is 0 Å². The standard InChI is InChI=1S/C12H11BrN2O2S/c1-15-5-4-8(14-15)7-18-9-2-3-11(13)10(6-9)12(16)17/h2-6H,7H2,1H3,(H,16,17). The van der Waals surface area contributed by atoms with Gasteiger partial charge in [0.1, 0.15) is 0 Å². The van der Waals surface area contributed by atoms with Crippen molar-refractivity contribution in [2.45, 2.75) is 10.6 Å². The first kappa shape index (κ1) is 13.2. The number of carboxylic acid groups (broad SMARTS) is 1. The van der Waals surface area contributed by atoms with Crippen molar-refractivity contribution in [3.05, 3.63) is 46.2 Å². The Morgan fingerprint density at radius 1 is 1.50 bits per heavy atom. The van der Waals surface area contributed by atoms with Crippen LogP contribution in [0.1, 0.15) is 16.1 Å². The second-order valence-corrected chi connectivity index (χ2v) is 5.62. The quantitative estimate of drug-likeness (QED) is 0.877. The lowest BCUT2D eigenvalue weighted by Gasteiger charge is -2.03. The third-order valence-corrected chi connectivity index (χ3v) is 4.04. The number of aromatic carboxylic acids is 1. The summed E-state index contributed by atoms with van der Waals surface area (Å²) in [5, 5.41) is 13.3. The number of halogens is 1. The molecule has 0 spiro atoms. The summed E-state index contributed by atoms with van der Waals surface area (Å²) >= 11 is 4.79. The number of rotatable bonds is 4. The third-order valence-electron chi connectivity index (χ3n) is 2.32. The predicted octanol–water partition coefficient (Wildman–Crippen LogP) is 3.17. The van der Waals surface area contributed by atoms with Gasteiger partial charge in [-0.05, 0) is 40.2 Å². The van der Waals surface area contributed by atoms with Crippen LogP contribution in [0.15, 0.2) is 39.8 Å². The molecule has 94 valence electrons. The molecular formula is C12H11BrN2O2S. The Morgan fingerprint density at radius 3 is 2.89 bits per heavy atom. The van der Waals surface area contributed by atoms with Crippen molar-refractivity contribution in [3.63, 3.8) is 0 Å². The SMILES string of the molecule is Cn1ccc(CSc2ccc(Br)c(C(=O)O)c2)n1. The molecule has 0 atom stereocenters. The van der Waals surface area contributed by atoms with E-state index in [0.29, 0.717) is 4.47 Å². The van der Waals surface area contributed by atoms with Gasteiger partial charge in [0.05, 0.1) is 11.3 Å². The van der Waals surface area contributed by atoms with Gasteiger partial charge in [0.15, 0.2) is 0 Å². The summed E-state index contributed by atoms with van der Waals surface area (Å²) in [5.74, 6) is -0.205. The lowest BCUT2D eigenvalue weighted by molar-refractivity contribution is 0.0695. The molecule has 0 aliphatic carbocycles. The molecule has 0 saturated heterocycles. The maximum Gasteiger partial charge on any atom is 0.336 e. The first-order chi connectivity index (χ1) is 8.56. The second-order valence-electron chi connectivity index (χ2n) is 3.72. The zero-order valence-electron chi connectivity index (χ0n) is 9.63. The number of nitrogens with zero attached hydrogens (tertiary/aromatic N) is 2. The van der Waals surface area contributed by atoms with Gasteiger partial charge >= 0.3 is 5.97 Å². The maximum absolute atomic E-state index is 11.0. The van der Waals surface area contributed by atoms with Gasteiger partial charge in [0, 0.05) is 28.4 Å². The van der Waals surface area contributed by atoms with E-state index in [1.807, 2.05) is 25.4 Å². The largest absolute Gasteiger partial charge is 0.478 e. The van der Waals surface area contributed by atoms with Gasteiger partial charge < -0.3 is 5.11 Å². The molecule has 0 unspecified atom stereocenters. The van der Waals surface area contributed by atoms with Crippen molar-refractivity contribution >= 4 is 33.7 Å². The number of aryl methyl sites for hydroxylation is 1. The Kier molecular flexibility index (Phi) is 4.08. The van der Waals surface area contributed by atoms with Crippen LogP contribution in [0, 0.1) is 0 Å². The summed E-state index contributed by atoms with van der Waals surface area (Å²) in [4.78, 5) is 11.9. The highest BCUT2D eigenvalue weighted by Gasteiger charge is 2.09. The van der Waals surface area contributed by atoms with E-state index in [2.05, 4.69) is 21.0 Å². The topological polar surface area (TPSA) is 55.1 Å². The Morgan fingerprint density at radius 2 is 2.28 bits per heavy atom. The van der Waals surface area contributed by atoms with Gasteiger partial charge in [0.2, 0.25) is 0 Å². The van der Waals surface area contributed by atoms with Crippen molar-refractivity contribution in [1.82, 2.24) is 9.78 Å². The Bertz CT molecular complexity index is 583. The highest BCUT2D eigenvalue weighted by Crippen LogP contribution is 2.27. The van der Waals surface area contributed by atoms with E-state index >= 15 is 0 Å². The van der Waals surface area contributed by atoms with Gasteiger partial charge in [-0.2, -0.15) is 5.10 Å². The van der Waals surface area contributed by atoms with Gasteiger partial charge in [-0.1, -0.05) is 0 Å². The minimum absolute atomic E-state index is 0.279. The smallest absolute Gasteiger partial charge is 0.336 e. The maximum atomic E-state index is 11.0. The summed E-state index contributed by atoms with van der Waals surface area (Å²) in [6.45, 7) is 0. The molecule has 1 aromatic heterocycles. The predicted molar refractivity (Wildman–Crippen MR) is 73.9 cm³/mol. The van der Waals surface area contributed by atoms with E-state index in [1.165, 1.54) is 0 Å². The summed E-state index contributed by atoms with van der Waals surface area (Å²) in [7, 11) is 1.87. The zero-order valence-corrected chi connectivity index (χ0v) is 12.0. The number of hydrogen-bond acceptors (Lipinski definition) is 3. The van der Waals surface area contributed by atoms with Gasteiger partial charge in [-0.3, -0.25) is 4.68 Å². The molecule has 4 nitrogen and oxygen atoms in total. The van der Waals surface area contributed by atoms with Crippen LogP contribution in [0.2, 0.25) is 0 Å². The number of thioether (sulfide) groups is 1. The normalized spacial score (nSPS) is 10.6. The Labute approximate surface area is 117 Å². The van der Waals surface area contributed by atoms with Gasteiger partial charge in [0.25, 0.3) is 0 Å². The molecule has 0 amide bonds. The van der Waals surface area contributed by atoms with Crippen LogP contribution in [0.5, 0.6) is 0 Å². The second kappa shape index (κ2) is 5.58. The molecule has 0 aliphatic heterocycles. The van der Waals surface area contributed by atoms with Crippen LogP contribution in [0.3, 0.4) is 0 Å². The van der Waals surface area contributed by atoms with E-state index in [4.69, 9.17) is 5.11 Å². The molecule has 2 aromatic rings. The summed E-state index contributed by atoms with van der Waals surface area (Å²) in [5.41, 5.74) is 1.25. The number of carbonyl (C=O) groups is 1. The highest BCUT2D eigenvalue weighted by molar-refractivity contribution is 9.10. The number of aromatic nitrogens is 2. The van der Waals surface area contributed by atoms with Crippen molar-refractivity contribution in [3.8, 4) is 0 Å². The van der Waals surface area contributed by atoms with Crippen molar-refractivity contribution in [2.75, 3.05) is 0 Å². The lowest BCUT2D eigenvalue weighted by Crippen LogP contribution is -1.97. The monoisotopic (exact) mass is 326 g/mol. The van der Waals surface area contributed by atoms with Crippen LogP contribution in [0.4, 0.5) is 0 Å². The molecule has 0 aliphatic rings. The van der Waals surface area contributed by atoms with Gasteiger partial charge in [-0.25, -0.2) is 4.79 Å². The van der Waals surface area contributed by atoms with Crippen LogP contribution >= 0.6 is 27.7 Å². The Balaban J connectivity index is 2.10. The number of carboxylic acids is 1. The fourth-order valence-corrected chi connectivity index (χ4v) is 2.71. The summed E-state index contributed by atoms with van der Waals surface area (Å²) in [6.07, 6.45) is 1.89. The lowest BCUT2D eigenvalue weighted by atomic mass is 10.2. The van der Waals surface area contributed by atoms with Crippen LogP contribution < -0.4 is 0 Å². The minimum Gasteiger partial charge on any atom is -0.478 e. The van der Waals surface area contributed by atoms with E-state index in [9.17, 15) is 4.79 Å². The molecule has 0 fully saturated rings. The van der Waals surface area contributed by atoms with E-state index in [-0.39, 0.29) is 5.56 Å². The number of hydrogen-bond donors (Lipinski definition) is 1. The molecule has 0 saturated carbocycles. The van der Waals surface area contributed by atoms with E-state index in [0.717, 1.165) is 16.3 Å². The first-order valence-corrected chi connectivity index (χ1v) is 6.98. The van der Waals surface area contributed by atoms with Gasteiger partial charge in [-0.15, -0.1) is 11.8 Å². The molecule has 18 heavy (non-hydrogen) atoms. The zero-order chi connectivity index (χ0) is 13.1. The molecule has 1 N–H and O–H groups in total. The average Bonchev–Trinajstić information content (AvgIpc) is 2.74. The molecular weight excluding hydrogens is 316 g/mol. The molecule has 6 heteroatoms. The van der Waals surface area contributed by atoms with E-state index in [1.54, 1.807) is 28.6 Å². The fraction of sp³-hybridized carbons (Fsp3) is 0.167. The van der Waals surface area contributed by atoms with Crippen LogP contribution in [-0.4, -0.2) is 20.9 Å². The van der Waals surface area contributed by atoms with Crippen molar-refractivity contribution < 1.29 is 9.90 Å². The first-order valence-electron chi connectivity index (χ1n) is 5.20. The molecule has 1 heterocycles.